The van der Waals surface area contributed by atoms with Gasteiger partial charge in [-0.15, -0.1) is 0 Å². The third-order valence-corrected chi connectivity index (χ3v) is 4.02. The molecule has 1 saturated heterocycles. The van der Waals surface area contributed by atoms with Gasteiger partial charge in [-0.1, -0.05) is 0 Å². The molecule has 1 fully saturated rings. The van der Waals surface area contributed by atoms with Gasteiger partial charge < -0.3 is 15.6 Å². The Labute approximate surface area is 118 Å². The minimum Gasteiger partial charge on any atom is -0.359 e. The number of amides is 1. The van der Waals surface area contributed by atoms with E-state index in [9.17, 15) is 4.79 Å². The maximum Gasteiger partial charge on any atom is 0.227 e. The van der Waals surface area contributed by atoms with Crippen molar-refractivity contribution in [2.75, 3.05) is 11.9 Å². The number of hydrogen-bond donors (Lipinski definition) is 3. The summed E-state index contributed by atoms with van der Waals surface area (Å²) in [6.07, 6.45) is 1.83. The van der Waals surface area contributed by atoms with E-state index in [1.165, 1.54) is 0 Å². The molecule has 3 rings (SSSR count). The number of aromatic amines is 1. The Morgan fingerprint density at radius 3 is 3.00 bits per heavy atom. The predicted molar refractivity (Wildman–Crippen MR) is 81.9 cm³/mol. The fourth-order valence-corrected chi connectivity index (χ4v) is 2.97. The Morgan fingerprint density at radius 2 is 2.20 bits per heavy atom. The van der Waals surface area contributed by atoms with E-state index in [1.807, 2.05) is 25.1 Å². The molecule has 0 bridgehead atoms. The lowest BCUT2D eigenvalue weighted by Gasteiger charge is -2.27. The minimum atomic E-state index is 0.120. The van der Waals surface area contributed by atoms with E-state index in [2.05, 4.69) is 28.6 Å². The molecule has 1 aromatic heterocycles. The van der Waals surface area contributed by atoms with Gasteiger partial charge in [0.25, 0.3) is 0 Å². The van der Waals surface area contributed by atoms with Gasteiger partial charge in [-0.2, -0.15) is 0 Å². The second-order valence-corrected chi connectivity index (χ2v) is 5.82. The fourth-order valence-electron chi connectivity index (χ4n) is 2.97. The van der Waals surface area contributed by atoms with Gasteiger partial charge >= 0.3 is 0 Å². The Bertz CT molecular complexity index is 632. The van der Waals surface area contributed by atoms with Crippen LogP contribution in [0.15, 0.2) is 24.3 Å². The van der Waals surface area contributed by atoms with Crippen molar-refractivity contribution in [1.82, 2.24) is 10.3 Å². The highest BCUT2D eigenvalue weighted by Crippen LogP contribution is 2.22. The van der Waals surface area contributed by atoms with Crippen LogP contribution in [-0.4, -0.2) is 23.5 Å². The molecule has 0 aliphatic carbocycles. The van der Waals surface area contributed by atoms with Gasteiger partial charge in [0, 0.05) is 34.2 Å². The van der Waals surface area contributed by atoms with Gasteiger partial charge in [-0.3, -0.25) is 4.79 Å². The third kappa shape index (κ3) is 2.70. The SMILES string of the molecule is Cc1cc2cc(NC(=O)[C@H]3CCN[C@@H](C)C3)ccc2[nH]1. The molecule has 2 heterocycles. The van der Waals surface area contributed by atoms with Crippen LogP contribution in [0.1, 0.15) is 25.5 Å². The number of H-pyrrole nitrogens is 1. The number of nitrogens with one attached hydrogen (secondary N) is 3. The number of anilines is 1. The summed E-state index contributed by atoms with van der Waals surface area (Å²) in [5.41, 5.74) is 3.12. The Balaban J connectivity index is 1.73. The number of carbonyl (C=O) groups is 1. The van der Waals surface area contributed by atoms with Crippen molar-refractivity contribution in [1.29, 1.82) is 0 Å². The van der Waals surface area contributed by atoms with E-state index in [-0.39, 0.29) is 11.8 Å². The van der Waals surface area contributed by atoms with Crippen LogP contribution in [0.2, 0.25) is 0 Å². The third-order valence-electron chi connectivity index (χ3n) is 4.02. The lowest BCUT2D eigenvalue weighted by atomic mass is 9.92. The second kappa shape index (κ2) is 5.29. The van der Waals surface area contributed by atoms with Crippen molar-refractivity contribution in [2.45, 2.75) is 32.7 Å². The Morgan fingerprint density at radius 1 is 1.35 bits per heavy atom. The van der Waals surface area contributed by atoms with Crippen LogP contribution >= 0.6 is 0 Å². The first-order chi connectivity index (χ1) is 9.61. The molecule has 1 aromatic carbocycles. The zero-order chi connectivity index (χ0) is 14.1. The summed E-state index contributed by atoms with van der Waals surface area (Å²) in [4.78, 5) is 15.6. The number of hydrogen-bond acceptors (Lipinski definition) is 2. The topological polar surface area (TPSA) is 56.9 Å². The highest BCUT2D eigenvalue weighted by molar-refractivity contribution is 5.95. The lowest BCUT2D eigenvalue weighted by molar-refractivity contribution is -0.120. The summed E-state index contributed by atoms with van der Waals surface area (Å²) in [5.74, 6) is 0.264. The molecule has 2 aromatic rings. The first kappa shape index (κ1) is 13.2. The summed E-state index contributed by atoms with van der Waals surface area (Å²) in [6.45, 7) is 5.10. The molecule has 0 unspecified atom stereocenters. The number of fused-ring (bicyclic) bond motifs is 1. The van der Waals surface area contributed by atoms with Crippen molar-refractivity contribution in [3.05, 3.63) is 30.0 Å². The standard InChI is InChI=1S/C16H21N3O/c1-10-7-12(5-6-17-10)16(20)19-14-3-4-15-13(9-14)8-11(2)18-15/h3-4,8-10,12,17-18H,5-7H2,1-2H3,(H,19,20)/t10-,12-/m0/s1. The highest BCUT2D eigenvalue weighted by Gasteiger charge is 2.24. The number of benzene rings is 1. The number of carbonyl (C=O) groups excluding carboxylic acids is 1. The molecule has 106 valence electrons. The Kier molecular flexibility index (Phi) is 3.49. The van der Waals surface area contributed by atoms with Crippen LogP contribution in [0.3, 0.4) is 0 Å². The lowest BCUT2D eigenvalue weighted by Crippen LogP contribution is -2.40. The summed E-state index contributed by atoms with van der Waals surface area (Å²) in [5, 5.41) is 7.56. The molecular weight excluding hydrogens is 250 g/mol. The molecule has 3 N–H and O–H groups in total. The number of rotatable bonds is 2. The van der Waals surface area contributed by atoms with Gasteiger partial charge in [-0.25, -0.2) is 0 Å². The quantitative estimate of drug-likeness (QED) is 0.786. The van der Waals surface area contributed by atoms with Crippen molar-refractivity contribution in [3.8, 4) is 0 Å². The van der Waals surface area contributed by atoms with E-state index in [0.29, 0.717) is 6.04 Å². The van der Waals surface area contributed by atoms with E-state index < -0.39 is 0 Å². The van der Waals surface area contributed by atoms with Crippen molar-refractivity contribution in [2.24, 2.45) is 5.92 Å². The molecule has 1 amide bonds. The van der Waals surface area contributed by atoms with Crippen LogP contribution in [0, 0.1) is 12.8 Å². The first-order valence-electron chi connectivity index (χ1n) is 7.25. The molecule has 1 aliphatic rings. The maximum atomic E-state index is 12.3. The van der Waals surface area contributed by atoms with Crippen molar-refractivity contribution in [3.63, 3.8) is 0 Å². The first-order valence-corrected chi connectivity index (χ1v) is 7.25. The monoisotopic (exact) mass is 271 g/mol. The van der Waals surface area contributed by atoms with Crippen LogP contribution in [0.4, 0.5) is 5.69 Å². The largest absolute Gasteiger partial charge is 0.359 e. The summed E-state index contributed by atoms with van der Waals surface area (Å²) in [6, 6.07) is 8.52. The fraction of sp³-hybridized carbons (Fsp3) is 0.438. The van der Waals surface area contributed by atoms with E-state index in [1.54, 1.807) is 0 Å². The van der Waals surface area contributed by atoms with Crippen LogP contribution in [-0.2, 0) is 4.79 Å². The van der Waals surface area contributed by atoms with Gasteiger partial charge in [0.05, 0.1) is 0 Å². The van der Waals surface area contributed by atoms with Crippen LogP contribution in [0.5, 0.6) is 0 Å². The molecule has 0 radical (unpaired) electrons. The second-order valence-electron chi connectivity index (χ2n) is 5.82. The molecule has 4 heteroatoms. The summed E-state index contributed by atoms with van der Waals surface area (Å²) < 4.78 is 0. The molecule has 0 saturated carbocycles. The molecular formula is C16H21N3O. The maximum absolute atomic E-state index is 12.3. The smallest absolute Gasteiger partial charge is 0.227 e. The van der Waals surface area contributed by atoms with Crippen LogP contribution < -0.4 is 10.6 Å². The van der Waals surface area contributed by atoms with Gasteiger partial charge in [-0.05, 0) is 57.5 Å². The summed E-state index contributed by atoms with van der Waals surface area (Å²) in [7, 11) is 0. The van der Waals surface area contributed by atoms with Gasteiger partial charge in [0.1, 0.15) is 0 Å². The van der Waals surface area contributed by atoms with Gasteiger partial charge in [0.15, 0.2) is 0 Å². The molecule has 4 nitrogen and oxygen atoms in total. The van der Waals surface area contributed by atoms with E-state index in [4.69, 9.17) is 0 Å². The van der Waals surface area contributed by atoms with Crippen molar-refractivity contribution < 1.29 is 4.79 Å². The zero-order valence-electron chi connectivity index (χ0n) is 12.0. The van der Waals surface area contributed by atoms with Crippen molar-refractivity contribution >= 4 is 22.5 Å². The summed E-state index contributed by atoms with van der Waals surface area (Å²) >= 11 is 0. The average molecular weight is 271 g/mol. The highest BCUT2D eigenvalue weighted by atomic mass is 16.1. The number of aromatic nitrogens is 1. The van der Waals surface area contributed by atoms with E-state index in [0.717, 1.165) is 41.7 Å². The van der Waals surface area contributed by atoms with Gasteiger partial charge in [0.2, 0.25) is 5.91 Å². The minimum absolute atomic E-state index is 0.120. The van der Waals surface area contributed by atoms with E-state index >= 15 is 0 Å². The average Bonchev–Trinajstić information content (AvgIpc) is 2.78. The predicted octanol–water partition coefficient (Wildman–Crippen LogP) is 2.80. The number of piperidine rings is 1. The zero-order valence-corrected chi connectivity index (χ0v) is 12.0. The van der Waals surface area contributed by atoms with Crippen LogP contribution in [0.25, 0.3) is 10.9 Å². The molecule has 20 heavy (non-hydrogen) atoms. The molecule has 2 atom stereocenters. The Hall–Kier alpha value is -1.81. The number of aryl methyl sites for hydroxylation is 1. The normalized spacial score (nSPS) is 22.9. The molecule has 1 aliphatic heterocycles. The molecule has 0 spiro atoms.